The minimum atomic E-state index is -0.369. The molecule has 2 N–H and O–H groups in total. The van der Waals surface area contributed by atoms with Crippen molar-refractivity contribution >= 4 is 17.6 Å². The zero-order valence-corrected chi connectivity index (χ0v) is 13.5. The van der Waals surface area contributed by atoms with Gasteiger partial charge in [0.25, 0.3) is 0 Å². The van der Waals surface area contributed by atoms with E-state index >= 15 is 0 Å². The van der Waals surface area contributed by atoms with Crippen molar-refractivity contribution in [3.63, 3.8) is 0 Å². The summed E-state index contributed by atoms with van der Waals surface area (Å²) in [5.74, 6) is -0.0555. The van der Waals surface area contributed by atoms with Gasteiger partial charge >= 0.3 is 6.03 Å². The summed E-state index contributed by atoms with van der Waals surface area (Å²) in [4.78, 5) is 26.1. The number of nitrogens with one attached hydrogen (secondary N) is 2. The molecule has 1 saturated carbocycles. The van der Waals surface area contributed by atoms with Crippen molar-refractivity contribution in [2.75, 3.05) is 18.4 Å². The monoisotopic (exact) mass is 315 g/mol. The number of nitrogens with zero attached hydrogens (tertiary/aromatic N) is 1. The highest BCUT2D eigenvalue weighted by molar-refractivity contribution is 5.92. The molecule has 23 heavy (non-hydrogen) atoms. The normalized spacial score (nSPS) is 14.8. The Morgan fingerprint density at radius 1 is 1.17 bits per heavy atom. The van der Waals surface area contributed by atoms with E-state index in [1.165, 1.54) is 6.42 Å². The van der Waals surface area contributed by atoms with Crippen LogP contribution < -0.4 is 10.6 Å². The number of hydrogen-bond acceptors (Lipinski definition) is 2. The van der Waals surface area contributed by atoms with Gasteiger partial charge in [-0.05, 0) is 25.0 Å². The van der Waals surface area contributed by atoms with Gasteiger partial charge in [-0.2, -0.15) is 0 Å². The Labute approximate surface area is 137 Å². The van der Waals surface area contributed by atoms with Crippen molar-refractivity contribution in [3.05, 3.63) is 43.0 Å². The topological polar surface area (TPSA) is 61.4 Å². The van der Waals surface area contributed by atoms with Crippen LogP contribution in [0.25, 0.3) is 0 Å². The van der Waals surface area contributed by atoms with E-state index in [1.54, 1.807) is 18.2 Å². The predicted octanol–water partition coefficient (Wildman–Crippen LogP) is 3.16. The lowest BCUT2D eigenvalue weighted by Crippen LogP contribution is -2.47. The summed E-state index contributed by atoms with van der Waals surface area (Å²) in [6, 6.07) is 9.07. The molecule has 1 aromatic rings. The average molecular weight is 315 g/mol. The van der Waals surface area contributed by atoms with Crippen molar-refractivity contribution in [1.29, 1.82) is 0 Å². The minimum Gasteiger partial charge on any atom is -0.334 e. The second kappa shape index (κ2) is 8.98. The lowest BCUT2D eigenvalue weighted by Gasteiger charge is -2.33. The summed E-state index contributed by atoms with van der Waals surface area (Å²) < 4.78 is 0. The minimum absolute atomic E-state index is 0.00298. The van der Waals surface area contributed by atoms with Gasteiger partial charge in [-0.3, -0.25) is 4.79 Å². The molecule has 5 nitrogen and oxygen atoms in total. The Morgan fingerprint density at radius 3 is 2.52 bits per heavy atom. The fourth-order valence-electron chi connectivity index (χ4n) is 2.94. The van der Waals surface area contributed by atoms with Crippen LogP contribution in [0.15, 0.2) is 43.0 Å². The molecule has 0 saturated heterocycles. The van der Waals surface area contributed by atoms with Gasteiger partial charge < -0.3 is 15.5 Å². The van der Waals surface area contributed by atoms with Gasteiger partial charge in [0, 0.05) is 18.3 Å². The van der Waals surface area contributed by atoms with E-state index in [-0.39, 0.29) is 24.5 Å². The zero-order chi connectivity index (χ0) is 16.5. The van der Waals surface area contributed by atoms with Gasteiger partial charge in [-0.25, -0.2) is 4.79 Å². The fraction of sp³-hybridized carbons (Fsp3) is 0.444. The molecule has 0 aromatic heterocycles. The van der Waals surface area contributed by atoms with E-state index in [1.807, 2.05) is 23.1 Å². The molecule has 0 radical (unpaired) electrons. The SMILES string of the molecule is C=CCN(C(=O)CNC(=O)Nc1ccccc1)C1CCCCC1. The van der Waals surface area contributed by atoms with E-state index in [2.05, 4.69) is 17.2 Å². The van der Waals surface area contributed by atoms with Crippen molar-refractivity contribution in [2.24, 2.45) is 0 Å². The first kappa shape index (κ1) is 17.1. The quantitative estimate of drug-likeness (QED) is 0.792. The molecule has 3 amide bonds. The summed E-state index contributed by atoms with van der Waals surface area (Å²) in [7, 11) is 0. The number of hydrogen-bond donors (Lipinski definition) is 2. The highest BCUT2D eigenvalue weighted by Crippen LogP contribution is 2.22. The highest BCUT2D eigenvalue weighted by atomic mass is 16.2. The van der Waals surface area contributed by atoms with E-state index in [0.717, 1.165) is 25.7 Å². The molecule has 1 aromatic carbocycles. The molecule has 0 heterocycles. The first-order valence-electron chi connectivity index (χ1n) is 8.21. The van der Waals surface area contributed by atoms with Gasteiger partial charge in [-0.1, -0.05) is 43.5 Å². The molecule has 0 bridgehead atoms. The van der Waals surface area contributed by atoms with E-state index in [9.17, 15) is 9.59 Å². The summed E-state index contributed by atoms with van der Waals surface area (Å²) in [5, 5.41) is 5.34. The Kier molecular flexibility index (Phi) is 6.66. The Bertz CT molecular complexity index is 524. The van der Waals surface area contributed by atoms with Crippen molar-refractivity contribution in [3.8, 4) is 0 Å². The van der Waals surface area contributed by atoms with Crippen LogP contribution >= 0.6 is 0 Å². The van der Waals surface area contributed by atoms with E-state index in [4.69, 9.17) is 0 Å². The van der Waals surface area contributed by atoms with E-state index in [0.29, 0.717) is 12.2 Å². The molecule has 1 aliphatic carbocycles. The van der Waals surface area contributed by atoms with Gasteiger partial charge in [0.15, 0.2) is 0 Å². The van der Waals surface area contributed by atoms with Gasteiger partial charge in [0.1, 0.15) is 0 Å². The van der Waals surface area contributed by atoms with Crippen LogP contribution in [0.5, 0.6) is 0 Å². The molecule has 124 valence electrons. The van der Waals surface area contributed by atoms with Crippen LogP contribution in [-0.4, -0.2) is 36.0 Å². The molecular formula is C18H25N3O2. The maximum absolute atomic E-state index is 12.4. The molecule has 0 unspecified atom stereocenters. The number of benzene rings is 1. The van der Waals surface area contributed by atoms with Crippen molar-refractivity contribution in [1.82, 2.24) is 10.2 Å². The Balaban J connectivity index is 1.83. The van der Waals surface area contributed by atoms with Crippen LogP contribution in [0.2, 0.25) is 0 Å². The lowest BCUT2D eigenvalue weighted by atomic mass is 9.94. The highest BCUT2D eigenvalue weighted by Gasteiger charge is 2.24. The van der Waals surface area contributed by atoms with Gasteiger partial charge in [-0.15, -0.1) is 6.58 Å². The lowest BCUT2D eigenvalue weighted by molar-refractivity contribution is -0.132. The largest absolute Gasteiger partial charge is 0.334 e. The van der Waals surface area contributed by atoms with E-state index < -0.39 is 0 Å². The van der Waals surface area contributed by atoms with Crippen molar-refractivity contribution < 1.29 is 9.59 Å². The second-order valence-corrected chi connectivity index (χ2v) is 5.80. The zero-order valence-electron chi connectivity index (χ0n) is 13.5. The third-order valence-electron chi connectivity index (χ3n) is 4.09. The summed E-state index contributed by atoms with van der Waals surface area (Å²) in [5.41, 5.74) is 0.702. The van der Waals surface area contributed by atoms with Crippen LogP contribution in [-0.2, 0) is 4.79 Å². The van der Waals surface area contributed by atoms with Crippen LogP contribution in [0, 0.1) is 0 Å². The number of amides is 3. The molecule has 1 aliphatic rings. The Hall–Kier alpha value is -2.30. The summed E-state index contributed by atoms with van der Waals surface area (Å²) in [6.45, 7) is 4.27. The molecule has 5 heteroatoms. The van der Waals surface area contributed by atoms with Crippen LogP contribution in [0.4, 0.5) is 10.5 Å². The number of anilines is 1. The average Bonchev–Trinajstić information content (AvgIpc) is 2.59. The molecule has 2 rings (SSSR count). The number of rotatable bonds is 6. The maximum Gasteiger partial charge on any atom is 0.319 e. The number of para-hydroxylation sites is 1. The first-order chi connectivity index (χ1) is 11.2. The van der Waals surface area contributed by atoms with Crippen molar-refractivity contribution in [2.45, 2.75) is 38.1 Å². The standard InChI is InChI=1S/C18H25N3O2/c1-2-13-21(16-11-7-4-8-12-16)17(22)14-19-18(23)20-15-9-5-3-6-10-15/h2-3,5-6,9-10,16H,1,4,7-8,11-14H2,(H2,19,20,23). The smallest absolute Gasteiger partial charge is 0.319 e. The van der Waals surface area contributed by atoms with Gasteiger partial charge in [0.05, 0.1) is 6.54 Å². The molecule has 0 spiro atoms. The van der Waals surface area contributed by atoms with Crippen LogP contribution in [0.1, 0.15) is 32.1 Å². The van der Waals surface area contributed by atoms with Crippen LogP contribution in [0.3, 0.4) is 0 Å². The second-order valence-electron chi connectivity index (χ2n) is 5.80. The molecule has 1 fully saturated rings. The first-order valence-corrected chi connectivity index (χ1v) is 8.21. The number of carbonyl (C=O) groups is 2. The maximum atomic E-state index is 12.4. The summed E-state index contributed by atoms with van der Waals surface area (Å²) >= 11 is 0. The number of carbonyl (C=O) groups excluding carboxylic acids is 2. The Morgan fingerprint density at radius 2 is 1.87 bits per heavy atom. The summed E-state index contributed by atoms with van der Waals surface area (Å²) in [6.07, 6.45) is 7.38. The molecular weight excluding hydrogens is 290 g/mol. The molecule has 0 aliphatic heterocycles. The van der Waals surface area contributed by atoms with Gasteiger partial charge in [0.2, 0.25) is 5.91 Å². The third-order valence-corrected chi connectivity index (χ3v) is 4.09. The predicted molar refractivity (Wildman–Crippen MR) is 92.2 cm³/mol. The third kappa shape index (κ3) is 5.43. The molecule has 0 atom stereocenters. The number of urea groups is 1. The fourth-order valence-corrected chi connectivity index (χ4v) is 2.94.